The van der Waals surface area contributed by atoms with Crippen LogP contribution in [0.1, 0.15) is 78.1 Å². The molecule has 1 aromatic carbocycles. The van der Waals surface area contributed by atoms with Gasteiger partial charge in [0.15, 0.2) is 0 Å². The zero-order valence-electron chi connectivity index (χ0n) is 20.1. The summed E-state index contributed by atoms with van der Waals surface area (Å²) < 4.78 is 21.6. The average Bonchev–Trinajstić information content (AvgIpc) is 3.12. The Balaban J connectivity index is 1.42. The second-order valence-corrected chi connectivity index (χ2v) is 10.4. The molecule has 4 saturated carbocycles. The molecule has 34 heavy (non-hydrogen) atoms. The zero-order valence-corrected chi connectivity index (χ0v) is 20.1. The fourth-order valence-electron chi connectivity index (χ4n) is 6.96. The lowest BCUT2D eigenvalue weighted by molar-refractivity contribution is -0.137. The van der Waals surface area contributed by atoms with Crippen molar-refractivity contribution >= 4 is 11.7 Å². The van der Waals surface area contributed by atoms with E-state index in [-0.39, 0.29) is 23.2 Å². The molecule has 4 aliphatic carbocycles. The van der Waals surface area contributed by atoms with Crippen LogP contribution in [-0.2, 0) is 13.5 Å². The number of hydrogen-bond donors (Lipinski definition) is 2. The molecule has 6 rings (SSSR count). The molecule has 6 nitrogen and oxygen atoms in total. The van der Waals surface area contributed by atoms with Crippen LogP contribution in [0.4, 0.5) is 4.39 Å². The molecule has 2 atom stereocenters. The van der Waals surface area contributed by atoms with Gasteiger partial charge in [0.2, 0.25) is 5.78 Å². The SMILES string of the molecule is CCOc1ccc(F)c(C(=O)c2cc(CC)c(C(=O)NC3C4CC5CC3CC(O)(C5)C4)n2C)c1. The number of carbonyl (C=O) groups excluding carboxylic acids is 2. The molecule has 2 unspecified atom stereocenters. The van der Waals surface area contributed by atoms with Crippen molar-refractivity contribution in [2.24, 2.45) is 24.8 Å². The first-order valence-electron chi connectivity index (χ1n) is 12.4. The van der Waals surface area contributed by atoms with Gasteiger partial charge in [-0.2, -0.15) is 0 Å². The van der Waals surface area contributed by atoms with E-state index in [9.17, 15) is 19.1 Å². The maximum Gasteiger partial charge on any atom is 0.268 e. The molecule has 7 heteroatoms. The summed E-state index contributed by atoms with van der Waals surface area (Å²) in [6.07, 6.45) is 5.07. The molecule has 4 aliphatic rings. The number of ether oxygens (including phenoxy) is 1. The van der Waals surface area contributed by atoms with Crippen LogP contribution in [0, 0.1) is 23.6 Å². The Bertz CT molecular complexity index is 1120. The van der Waals surface area contributed by atoms with Crippen molar-refractivity contribution in [2.75, 3.05) is 6.61 Å². The lowest BCUT2D eigenvalue weighted by atomic mass is 9.52. The molecule has 2 N–H and O–H groups in total. The van der Waals surface area contributed by atoms with Crippen LogP contribution in [0.15, 0.2) is 24.3 Å². The van der Waals surface area contributed by atoms with Gasteiger partial charge < -0.3 is 19.7 Å². The Hall–Kier alpha value is -2.67. The van der Waals surface area contributed by atoms with Crippen molar-refractivity contribution in [3.63, 3.8) is 0 Å². The predicted molar refractivity (Wildman–Crippen MR) is 126 cm³/mol. The molecule has 0 radical (unpaired) electrons. The van der Waals surface area contributed by atoms with Crippen LogP contribution >= 0.6 is 0 Å². The monoisotopic (exact) mass is 468 g/mol. The maximum absolute atomic E-state index is 14.5. The number of carbonyl (C=O) groups is 2. The molecule has 1 amide bonds. The highest BCUT2D eigenvalue weighted by molar-refractivity contribution is 6.10. The van der Waals surface area contributed by atoms with Crippen LogP contribution in [0.25, 0.3) is 0 Å². The second-order valence-electron chi connectivity index (χ2n) is 10.4. The van der Waals surface area contributed by atoms with Crippen molar-refractivity contribution in [1.29, 1.82) is 0 Å². The van der Waals surface area contributed by atoms with E-state index < -0.39 is 17.2 Å². The highest BCUT2D eigenvalue weighted by atomic mass is 19.1. The molecule has 2 aromatic rings. The molecule has 182 valence electrons. The number of aryl methyl sites for hydroxylation is 1. The Morgan fingerprint density at radius 1 is 1.18 bits per heavy atom. The molecule has 0 saturated heterocycles. The normalized spacial score (nSPS) is 29.3. The minimum Gasteiger partial charge on any atom is -0.494 e. The number of ketones is 1. The number of nitrogens with zero attached hydrogens (tertiary/aromatic N) is 1. The molecular formula is C27H33FN2O4. The Morgan fingerprint density at radius 2 is 1.88 bits per heavy atom. The molecule has 0 aliphatic heterocycles. The van der Waals surface area contributed by atoms with E-state index in [2.05, 4.69) is 5.32 Å². The van der Waals surface area contributed by atoms with Gasteiger partial charge in [-0.05, 0) is 93.0 Å². The van der Waals surface area contributed by atoms with Crippen molar-refractivity contribution < 1.29 is 23.8 Å². The summed E-state index contributed by atoms with van der Waals surface area (Å²) in [6.45, 7) is 4.18. The number of benzene rings is 1. The third-order valence-electron chi connectivity index (χ3n) is 8.17. The zero-order chi connectivity index (χ0) is 24.2. The predicted octanol–water partition coefficient (Wildman–Crippen LogP) is 4.03. The highest BCUT2D eigenvalue weighted by Crippen LogP contribution is 2.55. The molecule has 0 spiro atoms. The van der Waals surface area contributed by atoms with Gasteiger partial charge >= 0.3 is 0 Å². The third kappa shape index (κ3) is 3.84. The summed E-state index contributed by atoms with van der Waals surface area (Å²) in [5.41, 5.74) is 0.841. The van der Waals surface area contributed by atoms with Crippen molar-refractivity contribution in [3.8, 4) is 5.75 Å². The molecule has 4 bridgehead atoms. The van der Waals surface area contributed by atoms with E-state index >= 15 is 0 Å². The van der Waals surface area contributed by atoms with Gasteiger partial charge in [0, 0.05) is 13.1 Å². The lowest BCUT2D eigenvalue weighted by Gasteiger charge is -2.58. The topological polar surface area (TPSA) is 80.6 Å². The van der Waals surface area contributed by atoms with E-state index in [1.165, 1.54) is 18.2 Å². The van der Waals surface area contributed by atoms with E-state index in [0.29, 0.717) is 42.2 Å². The van der Waals surface area contributed by atoms with Gasteiger partial charge in [0.05, 0.1) is 23.5 Å². The first-order chi connectivity index (χ1) is 16.2. The molecule has 4 fully saturated rings. The van der Waals surface area contributed by atoms with Gasteiger partial charge in [0.25, 0.3) is 5.91 Å². The lowest BCUT2D eigenvalue weighted by Crippen LogP contribution is -2.61. The fourth-order valence-corrected chi connectivity index (χ4v) is 6.96. The maximum atomic E-state index is 14.5. The highest BCUT2D eigenvalue weighted by Gasteiger charge is 2.55. The smallest absolute Gasteiger partial charge is 0.268 e. The van der Waals surface area contributed by atoms with Gasteiger partial charge in [-0.1, -0.05) is 6.92 Å². The number of hydrogen-bond acceptors (Lipinski definition) is 4. The molecule has 1 heterocycles. The average molecular weight is 469 g/mol. The minimum atomic E-state index is -0.620. The van der Waals surface area contributed by atoms with Crippen LogP contribution in [-0.4, -0.2) is 39.6 Å². The van der Waals surface area contributed by atoms with E-state index in [1.54, 1.807) is 17.7 Å². The van der Waals surface area contributed by atoms with Crippen molar-refractivity contribution in [3.05, 3.63) is 52.6 Å². The largest absolute Gasteiger partial charge is 0.494 e. The minimum absolute atomic E-state index is 0.0448. The van der Waals surface area contributed by atoms with E-state index in [4.69, 9.17) is 4.74 Å². The van der Waals surface area contributed by atoms with Crippen LogP contribution in [0.3, 0.4) is 0 Å². The Morgan fingerprint density at radius 3 is 2.50 bits per heavy atom. The second kappa shape index (κ2) is 8.52. The van der Waals surface area contributed by atoms with Crippen LogP contribution < -0.4 is 10.1 Å². The van der Waals surface area contributed by atoms with Gasteiger partial charge in [-0.25, -0.2) is 4.39 Å². The number of amides is 1. The van der Waals surface area contributed by atoms with Crippen molar-refractivity contribution in [2.45, 2.75) is 64.0 Å². The summed E-state index contributed by atoms with van der Waals surface area (Å²) in [7, 11) is 1.69. The number of halogens is 1. The van der Waals surface area contributed by atoms with E-state index in [0.717, 1.165) is 37.7 Å². The first kappa shape index (κ1) is 23.1. The van der Waals surface area contributed by atoms with Crippen LogP contribution in [0.5, 0.6) is 5.75 Å². The standard InChI is InChI=1S/C27H33FN2O4/c1-4-16-10-22(25(31)20-11-19(34-5-2)6-7-21(20)28)30(3)24(16)26(32)29-23-17-8-15-9-18(23)14-27(33,12-15)13-17/h6-7,10-11,15,17-18,23,33H,4-5,8-9,12-14H2,1-3H3,(H,29,32). The summed E-state index contributed by atoms with van der Waals surface area (Å²) in [4.78, 5) is 26.8. The number of aliphatic hydroxyl groups is 1. The Kier molecular flexibility index (Phi) is 5.79. The number of aromatic nitrogens is 1. The summed E-state index contributed by atoms with van der Waals surface area (Å²) in [6, 6.07) is 5.89. The first-order valence-corrected chi connectivity index (χ1v) is 12.4. The van der Waals surface area contributed by atoms with Gasteiger partial charge in [-0.15, -0.1) is 0 Å². The summed E-state index contributed by atoms with van der Waals surface area (Å²) in [5, 5.41) is 14.1. The van der Waals surface area contributed by atoms with Crippen molar-refractivity contribution in [1.82, 2.24) is 9.88 Å². The molecular weight excluding hydrogens is 435 g/mol. The summed E-state index contributed by atoms with van der Waals surface area (Å²) >= 11 is 0. The number of rotatable bonds is 7. The van der Waals surface area contributed by atoms with Gasteiger partial charge in [0.1, 0.15) is 17.3 Å². The number of nitrogens with one attached hydrogen (secondary N) is 1. The molecule has 1 aromatic heterocycles. The fraction of sp³-hybridized carbons (Fsp3) is 0.556. The van der Waals surface area contributed by atoms with Crippen LogP contribution in [0.2, 0.25) is 0 Å². The van der Waals surface area contributed by atoms with Gasteiger partial charge in [-0.3, -0.25) is 9.59 Å². The van der Waals surface area contributed by atoms with E-state index in [1.807, 2.05) is 13.8 Å². The summed E-state index contributed by atoms with van der Waals surface area (Å²) in [5.74, 6) is 0.273. The quantitative estimate of drug-likeness (QED) is 0.602. The Labute approximate surface area is 199 Å². The third-order valence-corrected chi connectivity index (χ3v) is 8.17.